The van der Waals surface area contributed by atoms with Crippen molar-refractivity contribution in [2.24, 2.45) is 0 Å². The first kappa shape index (κ1) is 16.7. The minimum atomic E-state index is -0.171. The molecule has 0 unspecified atom stereocenters. The molecule has 0 amide bonds. The third-order valence-electron chi connectivity index (χ3n) is 3.43. The van der Waals surface area contributed by atoms with Crippen LogP contribution in [0.1, 0.15) is 18.6 Å². The molecule has 0 spiro atoms. The first-order valence-corrected chi connectivity index (χ1v) is 8.42. The van der Waals surface area contributed by atoms with E-state index in [1.165, 1.54) is 15.9 Å². The van der Waals surface area contributed by atoms with Crippen LogP contribution in [-0.4, -0.2) is 14.7 Å². The van der Waals surface area contributed by atoms with Gasteiger partial charge in [0, 0.05) is 18.4 Å². The van der Waals surface area contributed by atoms with Gasteiger partial charge in [-0.15, -0.1) is 11.3 Å². The lowest BCUT2D eigenvalue weighted by Crippen LogP contribution is -2.31. The van der Waals surface area contributed by atoms with Crippen LogP contribution in [0.25, 0.3) is 11.8 Å². The van der Waals surface area contributed by atoms with E-state index in [2.05, 4.69) is 21.5 Å². The number of aromatic nitrogens is 3. The van der Waals surface area contributed by atoms with E-state index >= 15 is 0 Å². The molecule has 3 rings (SSSR count). The lowest BCUT2D eigenvalue weighted by molar-refractivity contribution is 0.403. The van der Waals surface area contributed by atoms with Gasteiger partial charge in [0.05, 0.1) is 0 Å². The maximum atomic E-state index is 12.6. The van der Waals surface area contributed by atoms with Crippen molar-refractivity contribution in [3.05, 3.63) is 61.6 Å². The van der Waals surface area contributed by atoms with Gasteiger partial charge in [-0.1, -0.05) is 23.4 Å². The van der Waals surface area contributed by atoms with Gasteiger partial charge < -0.3 is 9.84 Å². The molecule has 0 aliphatic rings. The average molecular weight is 353 g/mol. The summed E-state index contributed by atoms with van der Waals surface area (Å²) in [6.07, 6.45) is 1.64. The van der Waals surface area contributed by atoms with Crippen molar-refractivity contribution in [3.63, 3.8) is 0 Å². The minimum Gasteiger partial charge on any atom is -0.360 e. The molecule has 8 heteroatoms. The van der Waals surface area contributed by atoms with Crippen molar-refractivity contribution < 1.29 is 4.52 Å². The summed E-state index contributed by atoms with van der Waals surface area (Å²) in [5.41, 5.74) is 0.899. The number of hydrogen-bond donors (Lipinski definition) is 1. The van der Waals surface area contributed by atoms with Gasteiger partial charge in [0.25, 0.3) is 11.4 Å². The van der Waals surface area contributed by atoms with Crippen molar-refractivity contribution >= 4 is 28.8 Å². The van der Waals surface area contributed by atoms with Crippen molar-refractivity contribution in [1.29, 1.82) is 5.26 Å². The highest BCUT2D eigenvalue weighted by Gasteiger charge is 2.15. The Labute approximate surface area is 147 Å². The van der Waals surface area contributed by atoms with Gasteiger partial charge in [0.15, 0.2) is 11.4 Å². The van der Waals surface area contributed by atoms with Crippen LogP contribution in [0, 0.1) is 18.3 Å². The second kappa shape index (κ2) is 7.15. The molecular weight excluding hydrogens is 338 g/mol. The molecule has 0 saturated carbocycles. The first-order valence-electron chi connectivity index (χ1n) is 7.60. The summed E-state index contributed by atoms with van der Waals surface area (Å²) in [6, 6.07) is 11.6. The van der Waals surface area contributed by atoms with Crippen LogP contribution in [-0.2, 0) is 6.54 Å². The molecule has 126 valence electrons. The van der Waals surface area contributed by atoms with E-state index in [1.807, 2.05) is 37.3 Å². The number of thiazole rings is 1. The smallest absolute Gasteiger partial charge is 0.271 e. The fourth-order valence-corrected chi connectivity index (χ4v) is 3.34. The SMILES string of the molecule is CCn1c(=O)/c(=C\Nc2ccccc2)s/c1=C(/C#N)c1nc(C)no1. The van der Waals surface area contributed by atoms with E-state index in [-0.39, 0.29) is 17.0 Å². The summed E-state index contributed by atoms with van der Waals surface area (Å²) in [6.45, 7) is 3.95. The molecule has 2 heterocycles. The Morgan fingerprint density at radius 3 is 2.80 bits per heavy atom. The van der Waals surface area contributed by atoms with Crippen LogP contribution in [0.3, 0.4) is 0 Å². The van der Waals surface area contributed by atoms with Gasteiger partial charge in [0.2, 0.25) is 0 Å². The molecule has 0 aliphatic heterocycles. The predicted octanol–water partition coefficient (Wildman–Crippen LogP) is 1.19. The molecule has 0 saturated heterocycles. The van der Waals surface area contributed by atoms with Crippen molar-refractivity contribution in [2.45, 2.75) is 20.4 Å². The van der Waals surface area contributed by atoms with E-state index in [9.17, 15) is 10.1 Å². The lowest BCUT2D eigenvalue weighted by atomic mass is 10.3. The largest absolute Gasteiger partial charge is 0.360 e. The minimum absolute atomic E-state index is 0.117. The van der Waals surface area contributed by atoms with Crippen molar-refractivity contribution in [3.8, 4) is 6.07 Å². The second-order valence-corrected chi connectivity index (χ2v) is 6.14. The number of nitrogens with zero attached hydrogens (tertiary/aromatic N) is 4. The van der Waals surface area contributed by atoms with E-state index in [4.69, 9.17) is 4.52 Å². The fraction of sp³-hybridized carbons (Fsp3) is 0.176. The highest BCUT2D eigenvalue weighted by atomic mass is 32.1. The molecule has 0 bridgehead atoms. The molecule has 0 aliphatic carbocycles. The number of para-hydroxylation sites is 1. The first-order chi connectivity index (χ1) is 12.1. The second-order valence-electron chi connectivity index (χ2n) is 5.11. The van der Waals surface area contributed by atoms with Gasteiger partial charge in [-0.2, -0.15) is 10.2 Å². The summed E-state index contributed by atoms with van der Waals surface area (Å²) in [4.78, 5) is 16.7. The zero-order chi connectivity index (χ0) is 17.8. The van der Waals surface area contributed by atoms with Crippen LogP contribution in [0.4, 0.5) is 5.69 Å². The molecule has 3 aromatic rings. The number of anilines is 1. The fourth-order valence-electron chi connectivity index (χ4n) is 2.26. The number of rotatable bonds is 4. The van der Waals surface area contributed by atoms with E-state index in [0.29, 0.717) is 21.6 Å². The van der Waals surface area contributed by atoms with Crippen LogP contribution >= 0.6 is 11.3 Å². The highest BCUT2D eigenvalue weighted by Crippen LogP contribution is 2.07. The molecule has 1 N–H and O–H groups in total. The third-order valence-corrected chi connectivity index (χ3v) is 4.57. The molecule has 0 fully saturated rings. The normalized spacial score (nSPS) is 12.8. The van der Waals surface area contributed by atoms with Crippen LogP contribution < -0.4 is 20.1 Å². The standard InChI is InChI=1S/C17H15N5O2S/c1-3-22-16(23)14(10-19-12-7-5-4-6-8-12)25-17(22)13(9-18)15-20-11(2)21-24-15/h4-8,10,19H,3H2,1-2H3/b14-10+,17-13-. The maximum Gasteiger partial charge on any atom is 0.271 e. The van der Waals surface area contributed by atoms with Gasteiger partial charge in [0.1, 0.15) is 15.3 Å². The van der Waals surface area contributed by atoms with Crippen LogP contribution in [0.2, 0.25) is 0 Å². The Morgan fingerprint density at radius 2 is 2.20 bits per heavy atom. The molecule has 1 aromatic carbocycles. The van der Waals surface area contributed by atoms with Gasteiger partial charge in [-0.25, -0.2) is 0 Å². The molecule has 7 nitrogen and oxygen atoms in total. The number of hydrogen-bond acceptors (Lipinski definition) is 7. The quantitative estimate of drug-likeness (QED) is 0.757. The highest BCUT2D eigenvalue weighted by molar-refractivity contribution is 7.07. The van der Waals surface area contributed by atoms with Crippen molar-refractivity contribution in [1.82, 2.24) is 14.7 Å². The maximum absolute atomic E-state index is 12.6. The van der Waals surface area contributed by atoms with Gasteiger partial charge in [-0.3, -0.25) is 9.36 Å². The Kier molecular flexibility index (Phi) is 4.77. The van der Waals surface area contributed by atoms with E-state index in [1.54, 1.807) is 13.1 Å². The molecular formula is C17H15N5O2S. The molecule has 0 radical (unpaired) electrons. The molecule has 0 atom stereocenters. The third kappa shape index (κ3) is 3.36. The Bertz CT molecular complexity index is 1100. The molecule has 2 aromatic heterocycles. The van der Waals surface area contributed by atoms with Crippen LogP contribution in [0.15, 0.2) is 39.6 Å². The van der Waals surface area contributed by atoms with E-state index < -0.39 is 0 Å². The van der Waals surface area contributed by atoms with Gasteiger partial charge in [-0.05, 0) is 26.0 Å². The number of benzene rings is 1. The average Bonchev–Trinajstić information content (AvgIpc) is 3.18. The lowest BCUT2D eigenvalue weighted by Gasteiger charge is -1.97. The Hall–Kier alpha value is -3.18. The Balaban J connectivity index is 2.17. The summed E-state index contributed by atoms with van der Waals surface area (Å²) in [5.74, 6) is 0.549. The predicted molar refractivity (Wildman–Crippen MR) is 95.2 cm³/mol. The van der Waals surface area contributed by atoms with Gasteiger partial charge >= 0.3 is 0 Å². The monoisotopic (exact) mass is 353 g/mol. The number of nitrogens with one attached hydrogen (secondary N) is 1. The summed E-state index contributed by atoms with van der Waals surface area (Å²) in [5, 5.41) is 16.3. The van der Waals surface area contributed by atoms with Crippen molar-refractivity contribution in [2.75, 3.05) is 5.32 Å². The summed E-state index contributed by atoms with van der Waals surface area (Å²) < 4.78 is 7.61. The summed E-state index contributed by atoms with van der Waals surface area (Å²) in [7, 11) is 0. The summed E-state index contributed by atoms with van der Waals surface area (Å²) >= 11 is 1.21. The number of aryl methyl sites for hydroxylation is 1. The Morgan fingerprint density at radius 1 is 1.44 bits per heavy atom. The van der Waals surface area contributed by atoms with E-state index in [0.717, 1.165) is 5.69 Å². The van der Waals surface area contributed by atoms with Crippen LogP contribution in [0.5, 0.6) is 0 Å². The molecule has 25 heavy (non-hydrogen) atoms. The topological polar surface area (TPSA) is 96.7 Å². The number of nitriles is 1. The zero-order valence-electron chi connectivity index (χ0n) is 13.7. The zero-order valence-corrected chi connectivity index (χ0v) is 14.5.